The summed E-state index contributed by atoms with van der Waals surface area (Å²) in [5, 5.41) is 13.8. The number of aliphatic hydroxyl groups excluding tert-OH is 2. The minimum absolute atomic E-state index is 0. The zero-order chi connectivity index (χ0) is 101. The number of rotatable bonds is 16. The summed E-state index contributed by atoms with van der Waals surface area (Å²) in [6, 6.07) is 148. The number of fused-ring (bicyclic) bond motifs is 2. The average molecular weight is 2280 g/mol. The van der Waals surface area contributed by atoms with Gasteiger partial charge in [-0.15, -0.1) is 177 Å². The van der Waals surface area contributed by atoms with Gasteiger partial charge in [-0.25, -0.2) is 18.5 Å². The van der Waals surface area contributed by atoms with E-state index < -0.39 is 15.6 Å². The molecule has 144 heavy (non-hydrogen) atoms. The molecule has 20 aromatic rings. The molecule has 0 saturated carbocycles. The van der Waals surface area contributed by atoms with Gasteiger partial charge in [0.25, 0.3) is 0 Å². The standard InChI is InChI=1S/C25H26N2.C25H25N2.4C18H14N.CHF3O3S.CH4O.CH3O.2Ir/c2*1-17(2)20-13-10-14-21(18(3)4)24(20)27-23-16-9-8-15-22(23)26-25(27)19-11-6-5-7-12-19;4*1-14-10-11-19-18(12-14)17-9-5-8-16(13-17)15-6-3-2-4-7-15;2-1(3,4)8(5,6)7;2*1-2;;/h5-18H,1-4H3;5-11,13-18H,1-4H3;4*2-8,10-13H,1H3;(H,5,6,7);2H,1H3;2H,1H2;;/q;5*-1;;;+1;2*+3/p-1. The topological polar surface area (TPSA) is 185 Å². The number of imidazole rings is 2. The van der Waals surface area contributed by atoms with Crippen LogP contribution in [0.3, 0.4) is 0 Å². The van der Waals surface area contributed by atoms with Crippen molar-refractivity contribution in [2.24, 2.45) is 0 Å². The Morgan fingerprint density at radius 3 is 0.799 bits per heavy atom. The second-order valence-corrected chi connectivity index (χ2v) is 35.9. The zero-order valence-corrected chi connectivity index (χ0v) is 88.2. The molecule has 6 heterocycles. The van der Waals surface area contributed by atoms with Crippen LogP contribution in [-0.2, 0) is 50.3 Å². The van der Waals surface area contributed by atoms with Crippen molar-refractivity contribution in [1.82, 2.24) is 39.0 Å². The normalized spacial score (nSPS) is 10.7. The van der Waals surface area contributed by atoms with Crippen molar-refractivity contribution >= 4 is 32.2 Å². The van der Waals surface area contributed by atoms with E-state index in [2.05, 4.69) is 441 Å². The third-order valence-electron chi connectivity index (χ3n) is 22.9. The molecule has 0 unspecified atom stereocenters. The van der Waals surface area contributed by atoms with Gasteiger partial charge in [0.2, 0.25) is 7.11 Å². The number of alkyl halides is 3. The molecule has 13 nitrogen and oxygen atoms in total. The van der Waals surface area contributed by atoms with E-state index in [9.17, 15) is 13.2 Å². The largest absolute Gasteiger partial charge is 3.00 e. The van der Waals surface area contributed by atoms with E-state index in [0.29, 0.717) is 23.7 Å². The van der Waals surface area contributed by atoms with Crippen LogP contribution in [0, 0.1) is 65.1 Å². The number of halogens is 3. The molecule has 20 rings (SSSR count). The molecule has 0 aliphatic heterocycles. The Kier molecular flexibility index (Phi) is 42.2. The number of aliphatic hydroxyl groups is 2. The Balaban J connectivity index is 0.000000174. The van der Waals surface area contributed by atoms with Gasteiger partial charge in [0.15, 0.2) is 10.1 Å². The minimum atomic E-state index is -6.09. The van der Waals surface area contributed by atoms with Crippen molar-refractivity contribution in [3.05, 3.63) is 489 Å². The van der Waals surface area contributed by atoms with E-state index >= 15 is 0 Å². The summed E-state index contributed by atoms with van der Waals surface area (Å²) in [4.78, 5) is 27.7. The Labute approximate surface area is 873 Å². The van der Waals surface area contributed by atoms with Gasteiger partial charge in [-0.05, 0) is 167 Å². The van der Waals surface area contributed by atoms with Crippen LogP contribution in [0.5, 0.6) is 0 Å². The van der Waals surface area contributed by atoms with Crippen molar-refractivity contribution in [2.45, 2.75) is 112 Å². The van der Waals surface area contributed by atoms with E-state index in [-0.39, 0.29) is 40.2 Å². The maximum absolute atomic E-state index is 10.7. The Bertz CT molecular complexity index is 6820. The average Bonchev–Trinajstić information content (AvgIpc) is 1.59. The van der Waals surface area contributed by atoms with E-state index in [4.69, 9.17) is 33.2 Å². The molecule has 0 bridgehead atoms. The van der Waals surface area contributed by atoms with Crippen molar-refractivity contribution in [2.75, 3.05) is 7.11 Å². The van der Waals surface area contributed by atoms with E-state index in [1.165, 1.54) is 100 Å². The van der Waals surface area contributed by atoms with Gasteiger partial charge in [0.1, 0.15) is 5.82 Å². The van der Waals surface area contributed by atoms with Crippen LogP contribution in [0.2, 0.25) is 0 Å². The predicted molar refractivity (Wildman–Crippen MR) is 574 cm³/mol. The van der Waals surface area contributed by atoms with Gasteiger partial charge < -0.3 is 34.2 Å². The summed E-state index contributed by atoms with van der Waals surface area (Å²) in [5.74, 6) is 3.67. The van der Waals surface area contributed by atoms with Crippen molar-refractivity contribution in [1.29, 1.82) is 0 Å². The smallest absolute Gasteiger partial charge is 0.741 e. The summed E-state index contributed by atoms with van der Waals surface area (Å²) in [5.41, 5.74) is 31.3. The van der Waals surface area contributed by atoms with E-state index in [1.807, 2.05) is 116 Å². The van der Waals surface area contributed by atoms with Gasteiger partial charge >= 0.3 is 45.7 Å². The number of aryl methyl sites for hydroxylation is 4. The quantitative estimate of drug-likeness (QED) is 0.0533. The van der Waals surface area contributed by atoms with Gasteiger partial charge in [-0.3, -0.25) is 9.55 Å². The first-order chi connectivity index (χ1) is 68.7. The Hall–Kier alpha value is -14.6. The number of pyridine rings is 4. The molecule has 19 heteroatoms. The summed E-state index contributed by atoms with van der Waals surface area (Å²) >= 11 is 0. The van der Waals surface area contributed by atoms with E-state index in [0.717, 1.165) is 97.0 Å². The first-order valence-electron chi connectivity index (χ1n) is 46.7. The Morgan fingerprint density at radius 2 is 0.542 bits per heavy atom. The molecule has 2 N–H and O–H groups in total. The molecule has 0 saturated heterocycles. The number of hydrogen-bond donors (Lipinski definition) is 2. The number of nitrogens with zero attached hydrogens (tertiary/aromatic N) is 8. The summed E-state index contributed by atoms with van der Waals surface area (Å²) < 4.78 is 63.6. The summed E-state index contributed by atoms with van der Waals surface area (Å²) in [7, 11) is -2.84. The maximum Gasteiger partial charge on any atom is 3.00 e. The molecule has 0 fully saturated rings. The molecule has 0 radical (unpaired) electrons. The maximum atomic E-state index is 10.7. The third kappa shape index (κ3) is 30.0. The molecule has 14 aromatic carbocycles. The fraction of sp³-hybridized carbons (Fsp3) is 0.144. The third-order valence-corrected chi connectivity index (χ3v) is 23.5. The second kappa shape index (κ2) is 54.6. The predicted octanol–water partition coefficient (Wildman–Crippen LogP) is 31.6. The monoisotopic (exact) mass is 2280 g/mol. The van der Waals surface area contributed by atoms with Crippen LogP contribution < -0.4 is 0 Å². The van der Waals surface area contributed by atoms with Crippen molar-refractivity contribution in [3.63, 3.8) is 0 Å². The molecule has 0 atom stereocenters. The van der Waals surface area contributed by atoms with Crippen LogP contribution in [0.15, 0.2) is 407 Å². The molecule has 728 valence electrons. The molecule has 0 spiro atoms. The zero-order valence-electron chi connectivity index (χ0n) is 82.6. The van der Waals surface area contributed by atoms with Gasteiger partial charge in [-0.2, -0.15) is 13.2 Å². The van der Waals surface area contributed by atoms with E-state index in [1.54, 1.807) is 0 Å². The van der Waals surface area contributed by atoms with Gasteiger partial charge in [0, 0.05) is 43.1 Å². The minimum Gasteiger partial charge on any atom is -0.741 e. The fourth-order valence-electron chi connectivity index (χ4n) is 16.0. The Morgan fingerprint density at radius 1 is 0.299 bits per heavy atom. The summed E-state index contributed by atoms with van der Waals surface area (Å²) in [6.45, 7) is 26.4. The van der Waals surface area contributed by atoms with Crippen LogP contribution in [-0.4, -0.2) is 74.8 Å². The SMILES string of the molecule is CC(C)c1cccc(C(C)C)c1-n1c(-c2[c-]cccc2)nc2ccccc21.CC(C)c1cccc(C(C)C)c1-n1c(-c2ccccc2)nc2ccccc21.CO.Cc1ccnc(-c2[c-]ccc(-c3ccccc3)c2)c1.Cc1ccnc(-c2[c-]ccc(-c3ccccc3)c2)c1.Cc1ccnc(-c2[c-]ccc(-c3ccccc3)c2)c1.Cc1ccnc(-c2[c-]ccc(-c3ccccc3)c2)c1.O=S(=O)([O-])C(F)(F)F.[CH2+]O.[Ir+3].[Ir+3]. The van der Waals surface area contributed by atoms with Crippen molar-refractivity contribution < 1.29 is 76.6 Å². The van der Waals surface area contributed by atoms with Gasteiger partial charge in [-0.1, -0.05) is 314 Å². The molecule has 0 amide bonds. The van der Waals surface area contributed by atoms with Crippen LogP contribution in [0.4, 0.5) is 13.2 Å². The van der Waals surface area contributed by atoms with Crippen LogP contribution in [0.25, 0.3) is 146 Å². The fourth-order valence-corrected chi connectivity index (χ4v) is 16.0. The molecular formula is C125H114F3Ir2N8O5S+. The summed E-state index contributed by atoms with van der Waals surface area (Å²) in [6.07, 6.45) is 7.36. The van der Waals surface area contributed by atoms with Crippen LogP contribution in [0.1, 0.15) is 124 Å². The first-order valence-corrected chi connectivity index (χ1v) is 48.2. The van der Waals surface area contributed by atoms with Crippen LogP contribution >= 0.6 is 0 Å². The molecule has 0 aliphatic carbocycles. The number of hydrogen-bond acceptors (Lipinski definition) is 11. The first kappa shape index (κ1) is 111. The van der Waals surface area contributed by atoms with Crippen molar-refractivity contribution in [3.8, 4) is 124 Å². The number of para-hydroxylation sites is 6. The number of aromatic nitrogens is 8. The van der Waals surface area contributed by atoms with Gasteiger partial charge in [0.05, 0.1) is 33.6 Å². The number of benzene rings is 14. The molecular weight excluding hydrogens is 2170 g/mol. The molecule has 6 aromatic heterocycles. The molecule has 0 aliphatic rings. The second-order valence-electron chi connectivity index (χ2n) is 34.6.